The molecule has 2 heterocycles. The normalized spacial score (nSPS) is 24.6. The predicted molar refractivity (Wildman–Crippen MR) is 51.4 cm³/mol. The summed E-state index contributed by atoms with van der Waals surface area (Å²) in [5.74, 6) is 1.20. The second-order valence-electron chi connectivity index (χ2n) is 4.15. The Hall–Kier alpha value is -0.570. The minimum atomic E-state index is 0.374. The van der Waals surface area contributed by atoms with E-state index in [-0.39, 0.29) is 0 Å². The number of carbonyl (C=O) groups is 1. The maximum Gasteiger partial charge on any atom is 0.222 e. The summed E-state index contributed by atoms with van der Waals surface area (Å²) in [6.45, 7) is 4.30. The van der Waals surface area contributed by atoms with Crippen molar-refractivity contribution in [2.45, 2.75) is 25.7 Å². The molecule has 1 amide bonds. The monoisotopic (exact) mass is 182 g/mol. The van der Waals surface area contributed by atoms with Gasteiger partial charge in [0.2, 0.25) is 5.91 Å². The van der Waals surface area contributed by atoms with E-state index in [4.69, 9.17) is 0 Å². The molecule has 0 atom stereocenters. The van der Waals surface area contributed by atoms with Gasteiger partial charge >= 0.3 is 0 Å². The summed E-state index contributed by atoms with van der Waals surface area (Å²) in [7, 11) is 0. The highest BCUT2D eigenvalue weighted by molar-refractivity contribution is 5.76. The fourth-order valence-electron chi connectivity index (χ4n) is 1.99. The molecule has 0 aromatic heterocycles. The highest BCUT2D eigenvalue weighted by Crippen LogP contribution is 2.14. The number of hydrogen-bond acceptors (Lipinski definition) is 2. The van der Waals surface area contributed by atoms with Crippen molar-refractivity contribution in [3.05, 3.63) is 0 Å². The van der Waals surface area contributed by atoms with Crippen LogP contribution >= 0.6 is 0 Å². The van der Waals surface area contributed by atoms with Crippen LogP contribution in [-0.4, -0.2) is 37.0 Å². The van der Waals surface area contributed by atoms with Crippen LogP contribution < -0.4 is 5.32 Å². The Balaban J connectivity index is 1.69. The van der Waals surface area contributed by atoms with Crippen LogP contribution in [0.2, 0.25) is 0 Å². The van der Waals surface area contributed by atoms with E-state index in [1.54, 1.807) is 0 Å². The van der Waals surface area contributed by atoms with Crippen molar-refractivity contribution in [3.63, 3.8) is 0 Å². The molecule has 3 nitrogen and oxygen atoms in total. The van der Waals surface area contributed by atoms with Gasteiger partial charge in [-0.25, -0.2) is 0 Å². The molecule has 13 heavy (non-hydrogen) atoms. The zero-order valence-corrected chi connectivity index (χ0v) is 8.09. The van der Waals surface area contributed by atoms with Gasteiger partial charge < -0.3 is 10.2 Å². The second-order valence-corrected chi connectivity index (χ2v) is 4.15. The van der Waals surface area contributed by atoms with E-state index in [0.717, 1.165) is 44.9 Å². The van der Waals surface area contributed by atoms with Gasteiger partial charge in [0, 0.05) is 19.5 Å². The van der Waals surface area contributed by atoms with Gasteiger partial charge in [0.05, 0.1) is 0 Å². The summed E-state index contributed by atoms with van der Waals surface area (Å²) in [6, 6.07) is 0. The highest BCUT2D eigenvalue weighted by Gasteiger charge is 2.21. The van der Waals surface area contributed by atoms with E-state index in [1.807, 2.05) is 4.90 Å². The van der Waals surface area contributed by atoms with E-state index in [0.29, 0.717) is 5.91 Å². The van der Waals surface area contributed by atoms with Gasteiger partial charge in [0.25, 0.3) is 0 Å². The first kappa shape index (κ1) is 9.00. The van der Waals surface area contributed by atoms with E-state index >= 15 is 0 Å². The van der Waals surface area contributed by atoms with Crippen LogP contribution in [0.3, 0.4) is 0 Å². The van der Waals surface area contributed by atoms with Crippen LogP contribution in [-0.2, 0) is 4.79 Å². The molecule has 1 N–H and O–H groups in total. The maximum absolute atomic E-state index is 11.4. The minimum absolute atomic E-state index is 0.374. The van der Waals surface area contributed by atoms with E-state index in [2.05, 4.69) is 5.32 Å². The largest absolute Gasteiger partial charge is 0.343 e. The number of amides is 1. The Labute approximate surface area is 79.5 Å². The number of nitrogens with zero attached hydrogens (tertiary/aromatic N) is 1. The standard InChI is InChI=1S/C10H18N2O/c13-10-3-1-2-5-12(10)6-4-9-7-11-8-9/h9,11H,1-8H2. The first-order valence-corrected chi connectivity index (χ1v) is 5.35. The van der Waals surface area contributed by atoms with Gasteiger partial charge in [-0.2, -0.15) is 0 Å². The Morgan fingerprint density at radius 3 is 2.85 bits per heavy atom. The van der Waals surface area contributed by atoms with E-state index < -0.39 is 0 Å². The number of rotatable bonds is 3. The maximum atomic E-state index is 11.4. The summed E-state index contributed by atoms with van der Waals surface area (Å²) in [5, 5.41) is 3.26. The lowest BCUT2D eigenvalue weighted by atomic mass is 9.98. The molecule has 74 valence electrons. The molecular formula is C10H18N2O. The third-order valence-electron chi connectivity index (χ3n) is 3.09. The highest BCUT2D eigenvalue weighted by atomic mass is 16.2. The summed E-state index contributed by atoms with van der Waals surface area (Å²) in [5.41, 5.74) is 0. The Morgan fingerprint density at radius 2 is 2.23 bits per heavy atom. The molecule has 0 saturated carbocycles. The van der Waals surface area contributed by atoms with Crippen molar-refractivity contribution in [1.29, 1.82) is 0 Å². The minimum Gasteiger partial charge on any atom is -0.343 e. The third-order valence-corrected chi connectivity index (χ3v) is 3.09. The van der Waals surface area contributed by atoms with E-state index in [9.17, 15) is 4.79 Å². The molecule has 2 aliphatic heterocycles. The van der Waals surface area contributed by atoms with Crippen molar-refractivity contribution in [1.82, 2.24) is 10.2 Å². The number of piperidine rings is 1. The lowest BCUT2D eigenvalue weighted by molar-refractivity contribution is -0.133. The zero-order valence-electron chi connectivity index (χ0n) is 8.09. The topological polar surface area (TPSA) is 32.3 Å². The van der Waals surface area contributed by atoms with Gasteiger partial charge in [-0.15, -0.1) is 0 Å². The first-order chi connectivity index (χ1) is 6.36. The molecule has 2 fully saturated rings. The smallest absolute Gasteiger partial charge is 0.222 e. The fourth-order valence-corrected chi connectivity index (χ4v) is 1.99. The molecule has 0 radical (unpaired) electrons. The second kappa shape index (κ2) is 4.09. The first-order valence-electron chi connectivity index (χ1n) is 5.35. The fraction of sp³-hybridized carbons (Fsp3) is 0.900. The molecular weight excluding hydrogens is 164 g/mol. The Morgan fingerprint density at radius 1 is 1.38 bits per heavy atom. The van der Waals surface area contributed by atoms with Crippen molar-refractivity contribution in [2.24, 2.45) is 5.92 Å². The van der Waals surface area contributed by atoms with Crippen molar-refractivity contribution in [2.75, 3.05) is 26.2 Å². The average Bonchev–Trinajstić information content (AvgIpc) is 2.05. The van der Waals surface area contributed by atoms with Crippen molar-refractivity contribution >= 4 is 5.91 Å². The predicted octanol–water partition coefficient (Wildman–Crippen LogP) is 0.608. The number of hydrogen-bond donors (Lipinski definition) is 1. The molecule has 3 heteroatoms. The molecule has 0 aromatic carbocycles. The number of nitrogens with one attached hydrogen (secondary N) is 1. The molecule has 2 rings (SSSR count). The number of carbonyl (C=O) groups excluding carboxylic acids is 1. The lowest BCUT2D eigenvalue weighted by Gasteiger charge is -2.32. The quantitative estimate of drug-likeness (QED) is 0.693. The zero-order chi connectivity index (χ0) is 9.10. The Bertz CT molecular complexity index is 189. The van der Waals surface area contributed by atoms with Crippen LogP contribution in [0, 0.1) is 5.92 Å². The average molecular weight is 182 g/mol. The molecule has 0 bridgehead atoms. The molecule has 0 aliphatic carbocycles. The van der Waals surface area contributed by atoms with Crippen LogP contribution in [0.25, 0.3) is 0 Å². The molecule has 0 spiro atoms. The van der Waals surface area contributed by atoms with Gasteiger partial charge in [-0.05, 0) is 38.3 Å². The van der Waals surface area contributed by atoms with Gasteiger partial charge in [0.15, 0.2) is 0 Å². The van der Waals surface area contributed by atoms with Gasteiger partial charge in [-0.1, -0.05) is 0 Å². The third kappa shape index (κ3) is 2.21. The molecule has 2 aliphatic rings. The van der Waals surface area contributed by atoms with Crippen LogP contribution in [0.5, 0.6) is 0 Å². The Kier molecular flexibility index (Phi) is 2.83. The summed E-state index contributed by atoms with van der Waals surface area (Å²) < 4.78 is 0. The lowest BCUT2D eigenvalue weighted by Crippen LogP contribution is -2.45. The van der Waals surface area contributed by atoms with Gasteiger partial charge in [-0.3, -0.25) is 4.79 Å². The van der Waals surface area contributed by atoms with Gasteiger partial charge in [0.1, 0.15) is 0 Å². The van der Waals surface area contributed by atoms with Crippen LogP contribution in [0.1, 0.15) is 25.7 Å². The molecule has 2 saturated heterocycles. The van der Waals surface area contributed by atoms with Crippen LogP contribution in [0.15, 0.2) is 0 Å². The summed E-state index contributed by atoms with van der Waals surface area (Å²) >= 11 is 0. The SMILES string of the molecule is O=C1CCCCN1CCC1CNC1. The molecule has 0 unspecified atom stereocenters. The summed E-state index contributed by atoms with van der Waals surface area (Å²) in [6.07, 6.45) is 4.27. The van der Waals surface area contributed by atoms with Crippen molar-refractivity contribution in [3.8, 4) is 0 Å². The summed E-state index contributed by atoms with van der Waals surface area (Å²) in [4.78, 5) is 13.5. The molecule has 0 aromatic rings. The number of likely N-dealkylation sites (tertiary alicyclic amines) is 1. The van der Waals surface area contributed by atoms with Crippen LogP contribution in [0.4, 0.5) is 0 Å². The van der Waals surface area contributed by atoms with E-state index in [1.165, 1.54) is 12.8 Å². The van der Waals surface area contributed by atoms with Crippen molar-refractivity contribution < 1.29 is 4.79 Å².